The Balaban J connectivity index is 1.65. The van der Waals surface area contributed by atoms with Crippen LogP contribution in [-0.2, 0) is 16.6 Å². The van der Waals surface area contributed by atoms with E-state index < -0.39 is 15.8 Å². The van der Waals surface area contributed by atoms with Crippen molar-refractivity contribution in [3.63, 3.8) is 0 Å². The van der Waals surface area contributed by atoms with Gasteiger partial charge in [0.2, 0.25) is 10.0 Å². The summed E-state index contributed by atoms with van der Waals surface area (Å²) in [6.07, 6.45) is 0. The zero-order valence-corrected chi connectivity index (χ0v) is 14.5. The van der Waals surface area contributed by atoms with Crippen LogP contribution in [0.15, 0.2) is 53.4 Å². The molecule has 1 aliphatic rings. The summed E-state index contributed by atoms with van der Waals surface area (Å²) in [7, 11) is -3.62. The van der Waals surface area contributed by atoms with E-state index in [0.717, 1.165) is 12.6 Å². The molecule has 0 saturated carbocycles. The number of sulfonamides is 1. The third-order valence-electron chi connectivity index (χ3n) is 4.42. The molecule has 0 atom stereocenters. The first-order valence-electron chi connectivity index (χ1n) is 7.99. The monoisotopic (exact) mass is 348 g/mol. The lowest BCUT2D eigenvalue weighted by molar-refractivity contribution is 0.181. The van der Waals surface area contributed by atoms with Gasteiger partial charge in [-0.2, -0.15) is 4.31 Å². The summed E-state index contributed by atoms with van der Waals surface area (Å²) in [5.41, 5.74) is 2.51. The minimum Gasteiger partial charge on any atom is -0.296 e. The fraction of sp³-hybridized carbons (Fsp3) is 0.333. The van der Waals surface area contributed by atoms with Gasteiger partial charge in [-0.05, 0) is 36.2 Å². The van der Waals surface area contributed by atoms with Crippen molar-refractivity contribution in [3.8, 4) is 0 Å². The molecule has 0 aromatic heterocycles. The van der Waals surface area contributed by atoms with Crippen molar-refractivity contribution in [3.05, 3.63) is 65.5 Å². The summed E-state index contributed by atoms with van der Waals surface area (Å²) in [4.78, 5) is 2.27. The molecule has 3 rings (SSSR count). The number of benzene rings is 2. The van der Waals surface area contributed by atoms with Crippen LogP contribution >= 0.6 is 0 Å². The second-order valence-corrected chi connectivity index (χ2v) is 8.00. The first-order chi connectivity index (χ1) is 11.5. The van der Waals surface area contributed by atoms with Crippen molar-refractivity contribution in [2.75, 3.05) is 26.2 Å². The maximum Gasteiger partial charge on any atom is 0.243 e. The van der Waals surface area contributed by atoms with Crippen LogP contribution in [0.1, 0.15) is 11.1 Å². The maximum absolute atomic E-state index is 13.3. The molecule has 1 aliphatic heterocycles. The fourth-order valence-electron chi connectivity index (χ4n) is 2.93. The third kappa shape index (κ3) is 3.66. The minimum atomic E-state index is -3.62. The second-order valence-electron chi connectivity index (χ2n) is 6.06. The molecule has 6 heteroatoms. The highest BCUT2D eigenvalue weighted by molar-refractivity contribution is 7.89. The standard InChI is InChI=1S/C18H21FN2O2S/c1-15-5-2-3-6-16(15)14-20-9-11-21(12-10-20)24(22,23)18-8-4-7-17(19)13-18/h2-8,13H,9-12,14H2,1H3. The van der Waals surface area contributed by atoms with Crippen LogP contribution in [0.2, 0.25) is 0 Å². The molecule has 0 spiro atoms. The molecule has 24 heavy (non-hydrogen) atoms. The quantitative estimate of drug-likeness (QED) is 0.853. The predicted molar refractivity (Wildman–Crippen MR) is 91.6 cm³/mol. The molecule has 1 fully saturated rings. The van der Waals surface area contributed by atoms with Gasteiger partial charge >= 0.3 is 0 Å². The van der Waals surface area contributed by atoms with Crippen LogP contribution in [0.5, 0.6) is 0 Å². The van der Waals surface area contributed by atoms with Crippen LogP contribution in [0, 0.1) is 12.7 Å². The Morgan fingerprint density at radius 2 is 1.71 bits per heavy atom. The fourth-order valence-corrected chi connectivity index (χ4v) is 4.39. The van der Waals surface area contributed by atoms with Crippen molar-refractivity contribution in [1.82, 2.24) is 9.21 Å². The Bertz CT molecular complexity index is 815. The SMILES string of the molecule is Cc1ccccc1CN1CCN(S(=O)(=O)c2cccc(F)c2)CC1. The topological polar surface area (TPSA) is 40.6 Å². The average Bonchev–Trinajstić information content (AvgIpc) is 2.57. The Labute approximate surface area is 142 Å². The predicted octanol–water partition coefficient (Wildman–Crippen LogP) is 2.64. The molecular formula is C18H21FN2O2S. The molecular weight excluding hydrogens is 327 g/mol. The number of aryl methyl sites for hydroxylation is 1. The minimum absolute atomic E-state index is 0.0230. The van der Waals surface area contributed by atoms with Gasteiger partial charge in [0.15, 0.2) is 0 Å². The van der Waals surface area contributed by atoms with Gasteiger partial charge in [0.05, 0.1) is 4.90 Å². The summed E-state index contributed by atoms with van der Waals surface area (Å²) in [5.74, 6) is -0.533. The number of hydrogen-bond acceptors (Lipinski definition) is 3. The second kappa shape index (κ2) is 7.01. The number of hydrogen-bond donors (Lipinski definition) is 0. The van der Waals surface area contributed by atoms with Gasteiger partial charge < -0.3 is 0 Å². The van der Waals surface area contributed by atoms with Crippen LogP contribution < -0.4 is 0 Å². The molecule has 1 saturated heterocycles. The Morgan fingerprint density at radius 3 is 2.38 bits per heavy atom. The van der Waals surface area contributed by atoms with E-state index in [2.05, 4.69) is 24.0 Å². The first kappa shape index (κ1) is 17.1. The Morgan fingerprint density at radius 1 is 1.00 bits per heavy atom. The molecule has 0 N–H and O–H groups in total. The molecule has 2 aromatic carbocycles. The van der Waals surface area contributed by atoms with Gasteiger partial charge in [-0.25, -0.2) is 12.8 Å². The molecule has 0 aliphatic carbocycles. The third-order valence-corrected chi connectivity index (χ3v) is 6.31. The van der Waals surface area contributed by atoms with Crippen LogP contribution in [-0.4, -0.2) is 43.8 Å². The van der Waals surface area contributed by atoms with E-state index in [9.17, 15) is 12.8 Å². The number of nitrogens with zero attached hydrogens (tertiary/aromatic N) is 2. The molecule has 1 heterocycles. The molecule has 0 unspecified atom stereocenters. The highest BCUT2D eigenvalue weighted by Crippen LogP contribution is 2.19. The molecule has 0 radical (unpaired) electrons. The van der Waals surface area contributed by atoms with Crippen molar-refractivity contribution >= 4 is 10.0 Å². The largest absolute Gasteiger partial charge is 0.296 e. The summed E-state index contributed by atoms with van der Waals surface area (Å²) in [6, 6.07) is 13.4. The average molecular weight is 348 g/mol. The van der Waals surface area contributed by atoms with Gasteiger partial charge in [-0.3, -0.25) is 4.90 Å². The zero-order valence-electron chi connectivity index (χ0n) is 13.7. The zero-order chi connectivity index (χ0) is 17.2. The van der Waals surface area contributed by atoms with Crippen LogP contribution in [0.25, 0.3) is 0 Å². The van der Waals surface area contributed by atoms with Gasteiger partial charge in [0.25, 0.3) is 0 Å². The molecule has 128 valence electrons. The van der Waals surface area contributed by atoms with E-state index in [4.69, 9.17) is 0 Å². The molecule has 0 amide bonds. The highest BCUT2D eigenvalue weighted by Gasteiger charge is 2.28. The number of rotatable bonds is 4. The van der Waals surface area contributed by atoms with Crippen molar-refractivity contribution in [1.29, 1.82) is 0 Å². The van der Waals surface area contributed by atoms with E-state index in [1.165, 1.54) is 33.6 Å². The van der Waals surface area contributed by atoms with Gasteiger partial charge in [0, 0.05) is 32.7 Å². The van der Waals surface area contributed by atoms with Gasteiger partial charge in [0.1, 0.15) is 5.82 Å². The van der Waals surface area contributed by atoms with E-state index in [1.807, 2.05) is 12.1 Å². The van der Waals surface area contributed by atoms with Crippen molar-refractivity contribution in [2.45, 2.75) is 18.4 Å². The van der Waals surface area contributed by atoms with Crippen molar-refractivity contribution in [2.24, 2.45) is 0 Å². The normalized spacial score (nSPS) is 17.1. The number of halogens is 1. The van der Waals surface area contributed by atoms with Crippen LogP contribution in [0.4, 0.5) is 4.39 Å². The first-order valence-corrected chi connectivity index (χ1v) is 9.43. The van der Waals surface area contributed by atoms with Gasteiger partial charge in [-0.15, -0.1) is 0 Å². The lowest BCUT2D eigenvalue weighted by Crippen LogP contribution is -2.48. The van der Waals surface area contributed by atoms with Gasteiger partial charge in [-0.1, -0.05) is 30.3 Å². The maximum atomic E-state index is 13.3. The van der Waals surface area contributed by atoms with Crippen LogP contribution in [0.3, 0.4) is 0 Å². The van der Waals surface area contributed by atoms with E-state index in [0.29, 0.717) is 26.2 Å². The molecule has 0 bridgehead atoms. The lowest BCUT2D eigenvalue weighted by atomic mass is 10.1. The summed E-state index contributed by atoms with van der Waals surface area (Å²) in [6.45, 7) is 5.09. The Hall–Kier alpha value is -1.76. The van der Waals surface area contributed by atoms with E-state index >= 15 is 0 Å². The summed E-state index contributed by atoms with van der Waals surface area (Å²) < 4.78 is 40.0. The number of piperazine rings is 1. The smallest absolute Gasteiger partial charge is 0.243 e. The molecule has 4 nitrogen and oxygen atoms in total. The van der Waals surface area contributed by atoms with E-state index in [1.54, 1.807) is 0 Å². The van der Waals surface area contributed by atoms with E-state index in [-0.39, 0.29) is 4.90 Å². The summed E-state index contributed by atoms with van der Waals surface area (Å²) in [5, 5.41) is 0. The molecule has 2 aromatic rings. The Kier molecular flexibility index (Phi) is 4.99. The lowest BCUT2D eigenvalue weighted by Gasteiger charge is -2.34. The highest BCUT2D eigenvalue weighted by atomic mass is 32.2. The van der Waals surface area contributed by atoms with Crippen molar-refractivity contribution < 1.29 is 12.8 Å². The summed E-state index contributed by atoms with van der Waals surface area (Å²) >= 11 is 0.